The minimum absolute atomic E-state index is 0. The number of carbonyl (C=O) groups excluding carboxylic acids is 2. The Labute approximate surface area is 181 Å². The summed E-state index contributed by atoms with van der Waals surface area (Å²) in [7, 11) is 0. The number of hydrogen-bond donors (Lipinski definition) is 2. The Morgan fingerprint density at radius 2 is 1.47 bits per heavy atom. The summed E-state index contributed by atoms with van der Waals surface area (Å²) in [4.78, 5) is 25.1. The molecule has 0 aromatic heterocycles. The molecule has 0 saturated carbocycles. The molecule has 1 aliphatic rings. The van der Waals surface area contributed by atoms with Crippen molar-refractivity contribution >= 4 is 24.1 Å². The summed E-state index contributed by atoms with van der Waals surface area (Å²) in [6, 6.07) is 13.0. The highest BCUT2D eigenvalue weighted by Gasteiger charge is 2.36. The molecule has 1 amide bonds. The highest BCUT2D eigenvalue weighted by molar-refractivity contribution is 5.89. The van der Waals surface area contributed by atoms with Crippen LogP contribution in [0.2, 0.25) is 0 Å². The van der Waals surface area contributed by atoms with E-state index in [4.69, 9.17) is 0 Å². The second kappa shape index (κ2) is 11.8. The van der Waals surface area contributed by atoms with Crippen molar-refractivity contribution in [3.8, 4) is 0 Å². The van der Waals surface area contributed by atoms with Gasteiger partial charge in [0.2, 0.25) is 5.91 Å². The van der Waals surface area contributed by atoms with Gasteiger partial charge in [0.05, 0.1) is 5.92 Å². The summed E-state index contributed by atoms with van der Waals surface area (Å²) in [5.74, 6) is -1.48. The van der Waals surface area contributed by atoms with Crippen LogP contribution in [0.15, 0.2) is 48.5 Å². The maximum absolute atomic E-state index is 13.7. The molecule has 30 heavy (non-hydrogen) atoms. The summed E-state index contributed by atoms with van der Waals surface area (Å²) in [5, 5.41) is 5.94. The Morgan fingerprint density at radius 3 is 2.10 bits per heavy atom. The molecule has 2 N–H and O–H groups in total. The Balaban J connectivity index is 0.00000320. The first-order valence-electron chi connectivity index (χ1n) is 10.0. The van der Waals surface area contributed by atoms with Crippen LogP contribution in [0.25, 0.3) is 0 Å². The van der Waals surface area contributed by atoms with Gasteiger partial charge in [-0.2, -0.15) is 0 Å². The third kappa shape index (κ3) is 6.34. The average Bonchev–Trinajstić information content (AvgIpc) is 3.21. The van der Waals surface area contributed by atoms with E-state index >= 15 is 0 Å². The fourth-order valence-corrected chi connectivity index (χ4v) is 3.78. The van der Waals surface area contributed by atoms with Gasteiger partial charge < -0.3 is 10.6 Å². The second-order valence-electron chi connectivity index (χ2n) is 7.41. The lowest BCUT2D eigenvalue weighted by Gasteiger charge is -2.17. The lowest BCUT2D eigenvalue weighted by molar-refractivity contribution is -0.131. The molecule has 0 bridgehead atoms. The van der Waals surface area contributed by atoms with Crippen molar-refractivity contribution in [1.29, 1.82) is 0 Å². The summed E-state index contributed by atoms with van der Waals surface area (Å²) in [6.07, 6.45) is 1.77. The summed E-state index contributed by atoms with van der Waals surface area (Å²) in [5.41, 5.74) is 1.16. The van der Waals surface area contributed by atoms with Crippen LogP contribution in [0.4, 0.5) is 8.78 Å². The highest BCUT2D eigenvalue weighted by Crippen LogP contribution is 2.21. The van der Waals surface area contributed by atoms with Gasteiger partial charge in [-0.05, 0) is 42.5 Å². The van der Waals surface area contributed by atoms with E-state index in [9.17, 15) is 18.4 Å². The molecule has 0 spiro atoms. The third-order valence-electron chi connectivity index (χ3n) is 5.44. The number of amides is 1. The van der Waals surface area contributed by atoms with Gasteiger partial charge in [-0.3, -0.25) is 9.59 Å². The van der Waals surface area contributed by atoms with Crippen molar-refractivity contribution in [2.45, 2.75) is 25.7 Å². The molecule has 4 nitrogen and oxygen atoms in total. The van der Waals surface area contributed by atoms with Gasteiger partial charge in [-0.25, -0.2) is 8.78 Å². The van der Waals surface area contributed by atoms with E-state index in [2.05, 4.69) is 10.6 Å². The van der Waals surface area contributed by atoms with Crippen molar-refractivity contribution in [2.75, 3.05) is 19.6 Å². The van der Waals surface area contributed by atoms with Crippen LogP contribution in [-0.2, 0) is 22.4 Å². The van der Waals surface area contributed by atoms with Gasteiger partial charge in [-0.1, -0.05) is 36.4 Å². The van der Waals surface area contributed by atoms with Crippen molar-refractivity contribution in [1.82, 2.24) is 10.6 Å². The standard InChI is InChI=1S/C23H26F2N2O2.ClH/c24-20-9-3-1-6-16(20)8-5-11-22(28)18-14-26-15-19(18)23(29)27-13-12-17-7-2-4-10-21(17)25;/h1-4,6-7,9-10,18-19,26H,5,8,11-15H2,(H,27,29);1H/t18-,19-;/m1./s1. The Bertz CT molecular complexity index is 793. The van der Waals surface area contributed by atoms with E-state index in [0.717, 1.165) is 0 Å². The predicted octanol–water partition coefficient (Wildman–Crippen LogP) is 3.47. The molecule has 0 radical (unpaired) electrons. The first-order valence-corrected chi connectivity index (χ1v) is 10.0. The summed E-state index contributed by atoms with van der Waals surface area (Å²) < 4.78 is 27.3. The Morgan fingerprint density at radius 1 is 0.900 bits per heavy atom. The lowest BCUT2D eigenvalue weighted by Crippen LogP contribution is -2.38. The van der Waals surface area contributed by atoms with Crippen LogP contribution >= 0.6 is 12.4 Å². The van der Waals surface area contributed by atoms with E-state index in [0.29, 0.717) is 56.4 Å². The Hall–Kier alpha value is -2.31. The van der Waals surface area contributed by atoms with Crippen molar-refractivity contribution in [2.24, 2.45) is 11.8 Å². The normalized spacial score (nSPS) is 17.9. The zero-order chi connectivity index (χ0) is 20.6. The van der Waals surface area contributed by atoms with Gasteiger partial charge in [0, 0.05) is 32.0 Å². The summed E-state index contributed by atoms with van der Waals surface area (Å²) >= 11 is 0. The maximum Gasteiger partial charge on any atom is 0.225 e. The van der Waals surface area contributed by atoms with E-state index in [1.54, 1.807) is 36.4 Å². The number of ketones is 1. The zero-order valence-corrected chi connectivity index (χ0v) is 17.5. The molecule has 2 atom stereocenters. The monoisotopic (exact) mass is 436 g/mol. The number of carbonyl (C=O) groups is 2. The number of benzene rings is 2. The number of aryl methyl sites for hydroxylation is 1. The fraction of sp³-hybridized carbons (Fsp3) is 0.391. The average molecular weight is 437 g/mol. The van der Waals surface area contributed by atoms with E-state index in [1.165, 1.54) is 12.1 Å². The van der Waals surface area contributed by atoms with Gasteiger partial charge in [-0.15, -0.1) is 12.4 Å². The van der Waals surface area contributed by atoms with Crippen LogP contribution in [0, 0.1) is 23.5 Å². The molecule has 1 aliphatic heterocycles. The molecular formula is C23H27ClF2N2O2. The fourth-order valence-electron chi connectivity index (χ4n) is 3.78. The highest BCUT2D eigenvalue weighted by atomic mass is 35.5. The number of hydrogen-bond acceptors (Lipinski definition) is 3. The quantitative estimate of drug-likeness (QED) is 0.632. The third-order valence-corrected chi connectivity index (χ3v) is 5.44. The molecule has 3 rings (SSSR count). The largest absolute Gasteiger partial charge is 0.355 e. The second-order valence-corrected chi connectivity index (χ2v) is 7.41. The lowest BCUT2D eigenvalue weighted by atomic mass is 9.88. The first kappa shape index (κ1) is 24.0. The number of halogens is 3. The minimum Gasteiger partial charge on any atom is -0.355 e. The van der Waals surface area contributed by atoms with Crippen LogP contribution in [-0.4, -0.2) is 31.3 Å². The van der Waals surface area contributed by atoms with Gasteiger partial charge >= 0.3 is 0 Å². The van der Waals surface area contributed by atoms with Crippen LogP contribution in [0.3, 0.4) is 0 Å². The molecule has 2 aromatic rings. The molecule has 0 unspecified atom stereocenters. The molecule has 162 valence electrons. The minimum atomic E-state index is -0.420. The number of Topliss-reactive ketones (excluding diaryl/α,β-unsaturated/α-hetero) is 1. The van der Waals surface area contributed by atoms with Crippen LogP contribution < -0.4 is 10.6 Å². The molecular weight excluding hydrogens is 410 g/mol. The molecule has 2 aromatic carbocycles. The van der Waals surface area contributed by atoms with Crippen LogP contribution in [0.5, 0.6) is 0 Å². The molecule has 1 fully saturated rings. The van der Waals surface area contributed by atoms with Crippen molar-refractivity contribution in [3.63, 3.8) is 0 Å². The van der Waals surface area contributed by atoms with Crippen molar-refractivity contribution in [3.05, 3.63) is 71.3 Å². The number of rotatable bonds is 9. The van der Waals surface area contributed by atoms with E-state index in [-0.39, 0.29) is 41.6 Å². The Kier molecular flexibility index (Phi) is 9.40. The first-order chi connectivity index (χ1) is 14.1. The van der Waals surface area contributed by atoms with Gasteiger partial charge in [0.15, 0.2) is 0 Å². The number of nitrogens with one attached hydrogen (secondary N) is 2. The maximum atomic E-state index is 13.7. The topological polar surface area (TPSA) is 58.2 Å². The SMILES string of the molecule is Cl.O=C(CCCc1ccccc1F)[C@@H]1CNC[C@H]1C(=O)NCCc1ccccc1F. The van der Waals surface area contributed by atoms with Gasteiger partial charge in [0.1, 0.15) is 17.4 Å². The van der Waals surface area contributed by atoms with Gasteiger partial charge in [0.25, 0.3) is 0 Å². The summed E-state index contributed by atoms with van der Waals surface area (Å²) in [6.45, 7) is 1.25. The molecule has 1 heterocycles. The zero-order valence-electron chi connectivity index (χ0n) is 16.7. The smallest absolute Gasteiger partial charge is 0.225 e. The molecule has 0 aliphatic carbocycles. The molecule has 7 heteroatoms. The van der Waals surface area contributed by atoms with E-state index in [1.807, 2.05) is 0 Å². The van der Waals surface area contributed by atoms with Crippen LogP contribution in [0.1, 0.15) is 24.0 Å². The van der Waals surface area contributed by atoms with Crippen molar-refractivity contribution < 1.29 is 18.4 Å². The predicted molar refractivity (Wildman–Crippen MR) is 115 cm³/mol. The molecule has 1 saturated heterocycles. The van der Waals surface area contributed by atoms with E-state index < -0.39 is 5.92 Å².